The first-order valence-electron chi connectivity index (χ1n) is 7.72. The summed E-state index contributed by atoms with van der Waals surface area (Å²) in [7, 11) is 0. The van der Waals surface area contributed by atoms with Crippen LogP contribution in [0.5, 0.6) is 0 Å². The van der Waals surface area contributed by atoms with E-state index in [0.29, 0.717) is 6.42 Å². The Morgan fingerprint density at radius 3 is 2.62 bits per heavy atom. The van der Waals surface area contributed by atoms with E-state index < -0.39 is 30.1 Å². The van der Waals surface area contributed by atoms with Crippen LogP contribution in [0.15, 0.2) is 30.3 Å². The minimum absolute atomic E-state index is 0.0212. The van der Waals surface area contributed by atoms with E-state index in [0.717, 1.165) is 5.56 Å². The van der Waals surface area contributed by atoms with E-state index in [1.165, 1.54) is 0 Å². The largest absolute Gasteiger partial charge is 0.388 e. The highest BCUT2D eigenvalue weighted by atomic mass is 16.7. The summed E-state index contributed by atoms with van der Waals surface area (Å²) in [6, 6.07) is 9.09. The predicted molar refractivity (Wildman–Crippen MR) is 82.2 cm³/mol. The molecule has 1 fully saturated rings. The van der Waals surface area contributed by atoms with Crippen molar-refractivity contribution in [2.45, 2.75) is 49.3 Å². The number of carbonyl (C=O) groups excluding carboxylic acids is 1. The number of carbonyl (C=O) groups is 1. The molecule has 0 spiro atoms. The quantitative estimate of drug-likeness (QED) is 0.422. The van der Waals surface area contributed by atoms with Gasteiger partial charge < -0.3 is 30.0 Å². The molecule has 134 valence electrons. The van der Waals surface area contributed by atoms with E-state index in [4.69, 9.17) is 10.6 Å². The van der Waals surface area contributed by atoms with Crippen LogP contribution in [0.4, 0.5) is 0 Å². The van der Waals surface area contributed by atoms with Gasteiger partial charge in [-0.05, 0) is 17.9 Å². The van der Waals surface area contributed by atoms with Gasteiger partial charge in [0.2, 0.25) is 0 Å². The lowest BCUT2D eigenvalue weighted by Gasteiger charge is -2.43. The molecule has 1 aromatic rings. The Kier molecular flexibility index (Phi) is 6.27. The number of rotatable bonds is 6. The van der Waals surface area contributed by atoms with Gasteiger partial charge in [-0.1, -0.05) is 30.3 Å². The smallest absolute Gasteiger partial charge is 0.324 e. The highest BCUT2D eigenvalue weighted by Gasteiger charge is 2.49. The van der Waals surface area contributed by atoms with Crippen LogP contribution in [-0.4, -0.2) is 57.1 Å². The van der Waals surface area contributed by atoms with Crippen molar-refractivity contribution in [2.24, 2.45) is 5.90 Å². The van der Waals surface area contributed by atoms with E-state index in [2.05, 4.69) is 4.84 Å². The fraction of sp³-hybridized carbons (Fsp3) is 0.562. The molecule has 1 aliphatic rings. The normalized spacial score (nSPS) is 31.5. The van der Waals surface area contributed by atoms with Crippen molar-refractivity contribution in [1.82, 2.24) is 0 Å². The second kappa shape index (κ2) is 8.02. The monoisotopic (exact) mass is 341 g/mol. The summed E-state index contributed by atoms with van der Waals surface area (Å²) in [6.45, 7) is -0.304. The Balaban J connectivity index is 2.16. The highest BCUT2D eigenvalue weighted by Crippen LogP contribution is 2.36. The third-order valence-electron chi connectivity index (χ3n) is 4.32. The third kappa shape index (κ3) is 4.29. The summed E-state index contributed by atoms with van der Waals surface area (Å²) >= 11 is 0. The van der Waals surface area contributed by atoms with Crippen molar-refractivity contribution in [2.75, 3.05) is 6.61 Å². The van der Waals surface area contributed by atoms with Crippen LogP contribution in [0.1, 0.15) is 30.7 Å². The van der Waals surface area contributed by atoms with Gasteiger partial charge >= 0.3 is 5.97 Å². The van der Waals surface area contributed by atoms with Crippen LogP contribution < -0.4 is 5.90 Å². The Bertz CT molecular complexity index is 540. The van der Waals surface area contributed by atoms with Gasteiger partial charge in [-0.3, -0.25) is 4.79 Å². The summed E-state index contributed by atoms with van der Waals surface area (Å²) in [5, 5.41) is 40.0. The Labute approximate surface area is 139 Å². The van der Waals surface area contributed by atoms with Crippen molar-refractivity contribution >= 4 is 5.97 Å². The number of benzene rings is 1. The van der Waals surface area contributed by atoms with E-state index in [9.17, 15) is 25.2 Å². The summed E-state index contributed by atoms with van der Waals surface area (Å²) in [5.74, 6) is 1.85. The van der Waals surface area contributed by atoms with Gasteiger partial charge in [0.1, 0.15) is 18.3 Å². The molecule has 0 amide bonds. The highest BCUT2D eigenvalue weighted by molar-refractivity contribution is 5.68. The van der Waals surface area contributed by atoms with Crippen LogP contribution in [0, 0.1) is 0 Å². The van der Waals surface area contributed by atoms with Gasteiger partial charge in [0.05, 0.1) is 6.61 Å². The third-order valence-corrected chi connectivity index (χ3v) is 4.32. The van der Waals surface area contributed by atoms with Crippen LogP contribution in [0.3, 0.4) is 0 Å². The molecule has 1 heterocycles. The average Bonchev–Trinajstić information content (AvgIpc) is 2.61. The number of aliphatic hydroxyl groups excluding tert-OH is 3. The molecule has 6 N–H and O–H groups in total. The minimum Gasteiger partial charge on any atom is -0.388 e. The van der Waals surface area contributed by atoms with E-state index in [1.54, 1.807) is 0 Å². The second-order valence-corrected chi connectivity index (χ2v) is 6.00. The standard InChI is InChI=1S/C16H23NO7/c17-24-13(19)7-6-11(10-4-2-1-3-5-10)8-16(22)15(21)14(20)12(18)9-23-16/h1-5,11-12,14-15,18,20-22H,6-9,17H2/t11?,12-,14+,15-,16-/m1/s1. The predicted octanol–water partition coefficient (Wildman–Crippen LogP) is -0.841. The summed E-state index contributed by atoms with van der Waals surface area (Å²) in [5.41, 5.74) is 0.826. The van der Waals surface area contributed by atoms with Crippen LogP contribution in [0.2, 0.25) is 0 Å². The first kappa shape index (κ1) is 18.8. The Morgan fingerprint density at radius 1 is 1.33 bits per heavy atom. The number of hydrogen-bond donors (Lipinski definition) is 5. The molecule has 2 rings (SSSR count). The van der Waals surface area contributed by atoms with Crippen molar-refractivity contribution in [1.29, 1.82) is 0 Å². The molecule has 0 aliphatic carbocycles. The zero-order chi connectivity index (χ0) is 17.7. The molecule has 24 heavy (non-hydrogen) atoms. The molecule has 0 radical (unpaired) electrons. The molecule has 1 aromatic carbocycles. The number of aliphatic hydroxyl groups is 4. The molecule has 5 atom stereocenters. The van der Waals surface area contributed by atoms with Crippen LogP contribution in [0.25, 0.3) is 0 Å². The maximum atomic E-state index is 11.3. The van der Waals surface area contributed by atoms with Gasteiger partial charge in [0, 0.05) is 12.8 Å². The lowest BCUT2D eigenvalue weighted by atomic mass is 9.83. The van der Waals surface area contributed by atoms with Gasteiger partial charge in [0.25, 0.3) is 0 Å². The van der Waals surface area contributed by atoms with Crippen molar-refractivity contribution in [3.05, 3.63) is 35.9 Å². The molecular weight excluding hydrogens is 318 g/mol. The van der Waals surface area contributed by atoms with Crippen LogP contribution >= 0.6 is 0 Å². The zero-order valence-corrected chi connectivity index (χ0v) is 13.1. The van der Waals surface area contributed by atoms with Gasteiger partial charge in [-0.2, -0.15) is 5.90 Å². The summed E-state index contributed by atoms with van der Waals surface area (Å²) < 4.78 is 5.20. The molecule has 0 bridgehead atoms. The second-order valence-electron chi connectivity index (χ2n) is 6.00. The number of hydrogen-bond acceptors (Lipinski definition) is 8. The average molecular weight is 341 g/mol. The SMILES string of the molecule is NOC(=O)CCC(C[C@@]1(O)OC[C@@H](O)[C@H](O)[C@H]1O)c1ccccc1. The lowest BCUT2D eigenvalue weighted by Crippen LogP contribution is -2.61. The van der Waals surface area contributed by atoms with Gasteiger partial charge in [-0.15, -0.1) is 0 Å². The molecule has 0 aromatic heterocycles. The summed E-state index contributed by atoms with van der Waals surface area (Å²) in [6.07, 6.45) is -4.21. The fourth-order valence-corrected chi connectivity index (χ4v) is 2.89. The van der Waals surface area contributed by atoms with E-state index in [-0.39, 0.29) is 25.4 Å². The molecule has 8 nitrogen and oxygen atoms in total. The van der Waals surface area contributed by atoms with Crippen molar-refractivity contribution in [3.63, 3.8) is 0 Å². The molecule has 0 saturated carbocycles. The molecular formula is C16H23NO7. The van der Waals surface area contributed by atoms with Gasteiger partial charge in [-0.25, -0.2) is 0 Å². The molecule has 1 saturated heterocycles. The first-order valence-corrected chi connectivity index (χ1v) is 7.72. The van der Waals surface area contributed by atoms with Crippen molar-refractivity contribution < 1.29 is 34.8 Å². The Hall–Kier alpha value is -1.55. The van der Waals surface area contributed by atoms with E-state index in [1.807, 2.05) is 30.3 Å². The van der Waals surface area contributed by atoms with Crippen LogP contribution in [-0.2, 0) is 14.4 Å². The maximum Gasteiger partial charge on any atom is 0.324 e. The lowest BCUT2D eigenvalue weighted by molar-refractivity contribution is -0.325. The zero-order valence-electron chi connectivity index (χ0n) is 13.1. The molecule has 8 heteroatoms. The van der Waals surface area contributed by atoms with E-state index >= 15 is 0 Å². The minimum atomic E-state index is -2.04. The fourth-order valence-electron chi connectivity index (χ4n) is 2.89. The summed E-state index contributed by atoms with van der Waals surface area (Å²) in [4.78, 5) is 15.5. The van der Waals surface area contributed by atoms with Crippen molar-refractivity contribution in [3.8, 4) is 0 Å². The number of ether oxygens (including phenoxy) is 1. The first-order chi connectivity index (χ1) is 11.4. The number of nitrogens with two attached hydrogens (primary N) is 1. The topological polar surface area (TPSA) is 142 Å². The molecule has 1 unspecified atom stereocenters. The van der Waals surface area contributed by atoms with Gasteiger partial charge in [0.15, 0.2) is 5.79 Å². The Morgan fingerprint density at radius 2 is 2.00 bits per heavy atom. The molecule has 1 aliphatic heterocycles. The maximum absolute atomic E-state index is 11.3.